The predicted molar refractivity (Wildman–Crippen MR) is 44.6 cm³/mol. The molecule has 1 aromatic heterocycles. The molecule has 0 aromatic carbocycles. The van der Waals surface area contributed by atoms with Crippen LogP contribution in [-0.4, -0.2) is 22.3 Å². The van der Waals surface area contributed by atoms with E-state index >= 15 is 0 Å². The molecule has 1 aliphatic rings. The summed E-state index contributed by atoms with van der Waals surface area (Å²) in [6.45, 7) is 2.81. The van der Waals surface area contributed by atoms with Gasteiger partial charge in [0.05, 0.1) is 6.54 Å². The van der Waals surface area contributed by atoms with E-state index in [1.165, 1.54) is 12.3 Å². The van der Waals surface area contributed by atoms with Crippen molar-refractivity contribution in [2.24, 2.45) is 0 Å². The van der Waals surface area contributed by atoms with Crippen LogP contribution in [0.2, 0.25) is 0 Å². The van der Waals surface area contributed by atoms with E-state index in [1.54, 1.807) is 4.90 Å². The molecule has 0 bridgehead atoms. The Morgan fingerprint density at radius 3 is 3.08 bits per heavy atom. The lowest BCUT2D eigenvalue weighted by atomic mass is 10.2. The number of aromatic nitrogens is 1. The minimum absolute atomic E-state index is 0.169. The van der Waals surface area contributed by atoms with Crippen molar-refractivity contribution in [1.29, 1.82) is 0 Å². The third-order valence-electron chi connectivity index (χ3n) is 2.22. The van der Waals surface area contributed by atoms with Gasteiger partial charge in [0.2, 0.25) is 0 Å². The highest BCUT2D eigenvalue weighted by Crippen LogP contribution is 2.22. The Labute approximate surface area is 75.2 Å². The lowest BCUT2D eigenvalue weighted by Gasteiger charge is -2.10. The second kappa shape index (κ2) is 2.80. The monoisotopic (exact) mass is 180 g/mol. The van der Waals surface area contributed by atoms with Gasteiger partial charge in [-0.1, -0.05) is 0 Å². The molecular weight excluding hydrogens is 171 g/mol. The Bertz CT molecular complexity index is 365. The van der Waals surface area contributed by atoms with E-state index in [1.807, 2.05) is 6.92 Å². The average Bonchev–Trinajstić information content (AvgIpc) is 2.45. The smallest absolute Gasteiger partial charge is 0.273 e. The number of hydrogen-bond donors (Lipinski definition) is 0. The Morgan fingerprint density at radius 2 is 2.46 bits per heavy atom. The Balaban J connectivity index is 2.49. The van der Waals surface area contributed by atoms with Crippen molar-refractivity contribution in [3.05, 3.63) is 29.3 Å². The maximum absolute atomic E-state index is 13.2. The molecule has 0 saturated carbocycles. The SMILES string of the molecule is CCN1Cc2c(F)ccnc2C1=O. The van der Waals surface area contributed by atoms with Crippen LogP contribution in [0.15, 0.2) is 12.3 Å². The van der Waals surface area contributed by atoms with Crippen molar-refractivity contribution >= 4 is 5.91 Å². The first-order chi connectivity index (χ1) is 6.24. The molecule has 2 rings (SSSR count). The van der Waals surface area contributed by atoms with E-state index in [0.29, 0.717) is 18.7 Å². The zero-order chi connectivity index (χ0) is 9.42. The molecule has 0 saturated heterocycles. The number of rotatable bonds is 1. The van der Waals surface area contributed by atoms with E-state index in [-0.39, 0.29) is 17.4 Å². The van der Waals surface area contributed by atoms with Crippen LogP contribution in [0.25, 0.3) is 0 Å². The molecule has 0 aliphatic carbocycles. The number of nitrogens with zero attached hydrogens (tertiary/aromatic N) is 2. The zero-order valence-corrected chi connectivity index (χ0v) is 7.25. The lowest BCUT2D eigenvalue weighted by molar-refractivity contribution is 0.0782. The van der Waals surface area contributed by atoms with Crippen molar-refractivity contribution in [1.82, 2.24) is 9.88 Å². The Morgan fingerprint density at radius 1 is 1.69 bits per heavy atom. The molecule has 3 nitrogen and oxygen atoms in total. The molecule has 1 aliphatic heterocycles. The largest absolute Gasteiger partial charge is 0.333 e. The summed E-state index contributed by atoms with van der Waals surface area (Å²) in [6.07, 6.45) is 1.32. The topological polar surface area (TPSA) is 33.2 Å². The molecule has 0 atom stereocenters. The van der Waals surface area contributed by atoms with E-state index < -0.39 is 0 Å². The second-order valence-corrected chi connectivity index (χ2v) is 2.94. The van der Waals surface area contributed by atoms with Gasteiger partial charge in [-0.2, -0.15) is 0 Å². The number of carbonyl (C=O) groups is 1. The molecule has 0 N–H and O–H groups in total. The van der Waals surface area contributed by atoms with E-state index in [4.69, 9.17) is 0 Å². The number of hydrogen-bond acceptors (Lipinski definition) is 2. The quantitative estimate of drug-likeness (QED) is 0.650. The third kappa shape index (κ3) is 1.09. The maximum Gasteiger partial charge on any atom is 0.273 e. The van der Waals surface area contributed by atoms with Crippen LogP contribution >= 0.6 is 0 Å². The highest BCUT2D eigenvalue weighted by atomic mass is 19.1. The third-order valence-corrected chi connectivity index (χ3v) is 2.22. The minimum atomic E-state index is -0.339. The molecule has 0 spiro atoms. The van der Waals surface area contributed by atoms with Crippen LogP contribution in [0.1, 0.15) is 23.0 Å². The average molecular weight is 180 g/mol. The molecule has 0 unspecified atom stereocenters. The van der Waals surface area contributed by atoms with Gasteiger partial charge in [0.15, 0.2) is 0 Å². The van der Waals surface area contributed by atoms with Crippen LogP contribution < -0.4 is 0 Å². The van der Waals surface area contributed by atoms with Gasteiger partial charge in [-0.25, -0.2) is 4.39 Å². The van der Waals surface area contributed by atoms with Gasteiger partial charge in [0.1, 0.15) is 11.5 Å². The van der Waals surface area contributed by atoms with Gasteiger partial charge < -0.3 is 4.90 Å². The van der Waals surface area contributed by atoms with Crippen LogP contribution in [-0.2, 0) is 6.54 Å². The molecule has 0 radical (unpaired) electrons. The maximum atomic E-state index is 13.2. The Hall–Kier alpha value is -1.45. The van der Waals surface area contributed by atoms with Crippen LogP contribution in [0, 0.1) is 5.82 Å². The molecule has 2 heterocycles. The van der Waals surface area contributed by atoms with Gasteiger partial charge >= 0.3 is 0 Å². The fourth-order valence-corrected chi connectivity index (χ4v) is 1.47. The van der Waals surface area contributed by atoms with Crippen molar-refractivity contribution in [3.8, 4) is 0 Å². The molecule has 13 heavy (non-hydrogen) atoms. The highest BCUT2D eigenvalue weighted by molar-refractivity contribution is 5.96. The first-order valence-corrected chi connectivity index (χ1v) is 4.16. The molecule has 1 aromatic rings. The first-order valence-electron chi connectivity index (χ1n) is 4.16. The van der Waals surface area contributed by atoms with Crippen LogP contribution in [0.3, 0.4) is 0 Å². The summed E-state index contributed by atoms with van der Waals surface area (Å²) in [7, 11) is 0. The number of carbonyl (C=O) groups excluding carboxylic acids is 1. The summed E-state index contributed by atoms with van der Waals surface area (Å²) in [6, 6.07) is 1.28. The fourth-order valence-electron chi connectivity index (χ4n) is 1.47. The number of pyridine rings is 1. The number of fused-ring (bicyclic) bond motifs is 1. The summed E-state index contributed by atoms with van der Waals surface area (Å²) < 4.78 is 13.2. The van der Waals surface area contributed by atoms with E-state index in [9.17, 15) is 9.18 Å². The summed E-state index contributed by atoms with van der Waals surface area (Å²) in [5.41, 5.74) is 0.691. The van der Waals surface area contributed by atoms with Crippen molar-refractivity contribution in [2.75, 3.05) is 6.54 Å². The van der Waals surface area contributed by atoms with Crippen LogP contribution in [0.5, 0.6) is 0 Å². The number of halogens is 1. The molecular formula is C9H9FN2O. The molecule has 0 fully saturated rings. The highest BCUT2D eigenvalue weighted by Gasteiger charge is 2.29. The molecule has 1 amide bonds. The van der Waals surface area contributed by atoms with Gasteiger partial charge in [-0.3, -0.25) is 9.78 Å². The summed E-state index contributed by atoms with van der Waals surface area (Å²) in [4.78, 5) is 16.9. The van der Waals surface area contributed by atoms with Crippen LogP contribution in [0.4, 0.5) is 4.39 Å². The second-order valence-electron chi connectivity index (χ2n) is 2.94. The Kier molecular flexibility index (Phi) is 1.76. The van der Waals surface area contributed by atoms with Crippen molar-refractivity contribution in [3.63, 3.8) is 0 Å². The predicted octanol–water partition coefficient (Wildman–Crippen LogP) is 1.20. The lowest BCUT2D eigenvalue weighted by Crippen LogP contribution is -2.23. The normalized spacial score (nSPS) is 14.9. The molecule has 4 heteroatoms. The fraction of sp³-hybridized carbons (Fsp3) is 0.333. The van der Waals surface area contributed by atoms with Gasteiger partial charge in [-0.15, -0.1) is 0 Å². The van der Waals surface area contributed by atoms with E-state index in [0.717, 1.165) is 0 Å². The first kappa shape index (κ1) is 8.16. The van der Waals surface area contributed by atoms with Gasteiger partial charge in [-0.05, 0) is 13.0 Å². The number of amides is 1. The summed E-state index contributed by atoms with van der Waals surface area (Å²) >= 11 is 0. The minimum Gasteiger partial charge on any atom is -0.333 e. The van der Waals surface area contributed by atoms with Crippen molar-refractivity contribution in [2.45, 2.75) is 13.5 Å². The standard InChI is InChI=1S/C9H9FN2O/c1-2-12-5-6-7(10)3-4-11-8(6)9(12)13/h3-4H,2,5H2,1H3. The van der Waals surface area contributed by atoms with Crippen molar-refractivity contribution < 1.29 is 9.18 Å². The zero-order valence-electron chi connectivity index (χ0n) is 7.25. The molecule has 68 valence electrons. The summed E-state index contributed by atoms with van der Waals surface area (Å²) in [5.74, 6) is -0.508. The summed E-state index contributed by atoms with van der Waals surface area (Å²) in [5, 5.41) is 0. The van der Waals surface area contributed by atoms with E-state index in [2.05, 4.69) is 4.98 Å². The van der Waals surface area contributed by atoms with Gasteiger partial charge in [0.25, 0.3) is 5.91 Å². The van der Waals surface area contributed by atoms with Gasteiger partial charge in [0, 0.05) is 18.3 Å².